The Morgan fingerprint density at radius 2 is 1.42 bits per heavy atom. The molecule has 0 aliphatic carbocycles. The summed E-state index contributed by atoms with van der Waals surface area (Å²) < 4.78 is 10.6. The fourth-order valence-corrected chi connectivity index (χ4v) is 5.07. The Balaban J connectivity index is 1.56. The zero-order chi connectivity index (χ0) is 30.5. The van der Waals surface area contributed by atoms with Gasteiger partial charge < -0.3 is 19.7 Å². The molecule has 218 valence electrons. The number of carbonyl (C=O) groups excluding carboxylic acids is 4. The van der Waals surface area contributed by atoms with Crippen LogP contribution in [0.25, 0.3) is 0 Å². The van der Waals surface area contributed by atoms with Crippen LogP contribution >= 0.6 is 0 Å². The smallest absolute Gasteiger partial charge is 0.299 e. The molecule has 0 aromatic heterocycles. The van der Waals surface area contributed by atoms with E-state index in [4.69, 9.17) is 9.47 Å². The van der Waals surface area contributed by atoms with Crippen LogP contribution in [0, 0.1) is 6.92 Å². The van der Waals surface area contributed by atoms with Crippen molar-refractivity contribution in [1.29, 1.82) is 0 Å². The van der Waals surface area contributed by atoms with E-state index in [9.17, 15) is 19.2 Å². The van der Waals surface area contributed by atoms with E-state index in [-0.39, 0.29) is 12.1 Å². The van der Waals surface area contributed by atoms with E-state index in [1.54, 1.807) is 87.0 Å². The number of hydrogen-bond donors (Lipinski definition) is 1. The van der Waals surface area contributed by atoms with Crippen LogP contribution in [0.1, 0.15) is 33.1 Å². The number of aryl methyl sites for hydroxylation is 1. The molecule has 0 radical (unpaired) electrons. The maximum atomic E-state index is 14.3. The quantitative estimate of drug-likeness (QED) is 0.268. The minimum atomic E-state index is -1.09. The molecule has 1 unspecified atom stereocenters. The SMILES string of the molecule is COc1ccc(NC(=O)C(c2ccc(OC)cc2)N(Cc2ccccc2C)C(=O)CN2C(=O)C(=O)c3ccccc32)cc1. The second-order valence-electron chi connectivity index (χ2n) is 10.1. The van der Waals surface area contributed by atoms with E-state index in [1.165, 1.54) is 9.80 Å². The standard InChI is InChI=1S/C34H31N3O6/c1-22-8-4-5-9-24(22)20-37(30(38)21-36-29-11-7-6-10-28(29)32(39)34(36)41)31(23-12-16-26(42-2)17-13-23)33(40)35-25-14-18-27(43-3)19-15-25/h4-19,31H,20-21H2,1-3H3,(H,35,40). The Kier molecular flexibility index (Phi) is 8.52. The van der Waals surface area contributed by atoms with Crippen molar-refractivity contribution in [1.82, 2.24) is 4.90 Å². The lowest BCUT2D eigenvalue weighted by molar-refractivity contribution is -0.139. The molecule has 9 nitrogen and oxygen atoms in total. The Hall–Kier alpha value is -5.44. The van der Waals surface area contributed by atoms with Gasteiger partial charge in [-0.3, -0.25) is 24.1 Å². The van der Waals surface area contributed by atoms with Crippen LogP contribution < -0.4 is 19.7 Å². The summed E-state index contributed by atoms with van der Waals surface area (Å²) >= 11 is 0. The van der Waals surface area contributed by atoms with Gasteiger partial charge in [-0.1, -0.05) is 48.5 Å². The molecule has 43 heavy (non-hydrogen) atoms. The van der Waals surface area contributed by atoms with Gasteiger partial charge in [-0.2, -0.15) is 0 Å². The van der Waals surface area contributed by atoms with Crippen molar-refractivity contribution in [3.05, 3.63) is 119 Å². The summed E-state index contributed by atoms with van der Waals surface area (Å²) in [7, 11) is 3.10. The number of nitrogens with one attached hydrogen (secondary N) is 1. The fourth-order valence-electron chi connectivity index (χ4n) is 5.07. The minimum Gasteiger partial charge on any atom is -0.497 e. The van der Waals surface area contributed by atoms with E-state index in [0.717, 1.165) is 11.1 Å². The van der Waals surface area contributed by atoms with Crippen molar-refractivity contribution in [2.45, 2.75) is 19.5 Å². The van der Waals surface area contributed by atoms with E-state index < -0.39 is 36.1 Å². The summed E-state index contributed by atoms with van der Waals surface area (Å²) in [6.07, 6.45) is 0. The number of anilines is 2. The number of nitrogens with zero attached hydrogens (tertiary/aromatic N) is 2. The Labute approximate surface area is 249 Å². The number of Topliss-reactive ketones (excluding diaryl/α,β-unsaturated/α-hetero) is 1. The molecule has 3 amide bonds. The molecule has 1 heterocycles. The predicted octanol–water partition coefficient (Wildman–Crippen LogP) is 4.95. The highest BCUT2D eigenvalue weighted by Gasteiger charge is 2.39. The number of methoxy groups -OCH3 is 2. The van der Waals surface area contributed by atoms with Gasteiger partial charge in [0.1, 0.15) is 24.1 Å². The number of amides is 3. The first-order valence-electron chi connectivity index (χ1n) is 13.7. The van der Waals surface area contributed by atoms with Crippen LogP contribution in [0.5, 0.6) is 11.5 Å². The molecule has 4 aromatic carbocycles. The molecule has 1 aliphatic heterocycles. The van der Waals surface area contributed by atoms with Crippen LogP contribution in [0.4, 0.5) is 11.4 Å². The van der Waals surface area contributed by atoms with Gasteiger partial charge in [0.05, 0.1) is 25.5 Å². The molecular formula is C34H31N3O6. The number of carbonyl (C=O) groups is 4. The summed E-state index contributed by atoms with van der Waals surface area (Å²) in [5.41, 5.74) is 3.43. The first-order chi connectivity index (χ1) is 20.8. The number of hydrogen-bond acceptors (Lipinski definition) is 6. The summed E-state index contributed by atoms with van der Waals surface area (Å²) in [5.74, 6) is -1.20. The summed E-state index contributed by atoms with van der Waals surface area (Å²) in [6, 6.07) is 26.8. The van der Waals surface area contributed by atoms with Gasteiger partial charge in [-0.25, -0.2) is 0 Å². The summed E-state index contributed by atoms with van der Waals surface area (Å²) in [5, 5.41) is 2.93. The first-order valence-corrected chi connectivity index (χ1v) is 13.7. The second kappa shape index (κ2) is 12.6. The number of ketones is 1. The number of para-hydroxylation sites is 1. The lowest BCUT2D eigenvalue weighted by atomic mass is 10.0. The molecular weight excluding hydrogens is 546 g/mol. The minimum absolute atomic E-state index is 0.0792. The zero-order valence-corrected chi connectivity index (χ0v) is 24.1. The third-order valence-electron chi connectivity index (χ3n) is 7.44. The fraction of sp³-hybridized carbons (Fsp3) is 0.176. The van der Waals surface area contributed by atoms with Crippen molar-refractivity contribution < 1.29 is 28.7 Å². The van der Waals surface area contributed by atoms with E-state index in [1.807, 2.05) is 31.2 Å². The van der Waals surface area contributed by atoms with Gasteiger partial charge >= 0.3 is 0 Å². The van der Waals surface area contributed by atoms with Crippen molar-refractivity contribution in [3.63, 3.8) is 0 Å². The summed E-state index contributed by atoms with van der Waals surface area (Å²) in [4.78, 5) is 56.6. The van der Waals surface area contributed by atoms with E-state index in [0.29, 0.717) is 28.4 Å². The number of fused-ring (bicyclic) bond motifs is 1. The topological polar surface area (TPSA) is 105 Å². The molecule has 9 heteroatoms. The van der Waals surface area contributed by atoms with Crippen LogP contribution in [0.15, 0.2) is 97.1 Å². The molecule has 0 fully saturated rings. The maximum absolute atomic E-state index is 14.3. The highest BCUT2D eigenvalue weighted by molar-refractivity contribution is 6.52. The number of benzene rings is 4. The molecule has 5 rings (SSSR count). The van der Waals surface area contributed by atoms with Crippen molar-refractivity contribution in [2.24, 2.45) is 0 Å². The van der Waals surface area contributed by atoms with Crippen LogP contribution in [0.3, 0.4) is 0 Å². The zero-order valence-electron chi connectivity index (χ0n) is 24.1. The summed E-state index contributed by atoms with van der Waals surface area (Å²) in [6.45, 7) is 1.59. The van der Waals surface area contributed by atoms with Gasteiger partial charge in [0.15, 0.2) is 0 Å². The Bertz CT molecular complexity index is 1670. The van der Waals surface area contributed by atoms with E-state index in [2.05, 4.69) is 5.32 Å². The van der Waals surface area contributed by atoms with Gasteiger partial charge in [0, 0.05) is 12.2 Å². The Morgan fingerprint density at radius 3 is 2.07 bits per heavy atom. The molecule has 0 saturated carbocycles. The molecule has 0 bridgehead atoms. The maximum Gasteiger partial charge on any atom is 0.299 e. The largest absolute Gasteiger partial charge is 0.497 e. The predicted molar refractivity (Wildman–Crippen MR) is 162 cm³/mol. The normalized spacial score (nSPS) is 12.9. The lowest BCUT2D eigenvalue weighted by Gasteiger charge is -2.33. The average molecular weight is 578 g/mol. The highest BCUT2D eigenvalue weighted by atomic mass is 16.5. The van der Waals surface area contributed by atoms with E-state index >= 15 is 0 Å². The van der Waals surface area contributed by atoms with Crippen LogP contribution in [-0.2, 0) is 20.9 Å². The van der Waals surface area contributed by atoms with Crippen molar-refractivity contribution in [3.8, 4) is 11.5 Å². The molecule has 4 aromatic rings. The monoisotopic (exact) mass is 577 g/mol. The lowest BCUT2D eigenvalue weighted by Crippen LogP contribution is -2.46. The molecule has 0 saturated heterocycles. The highest BCUT2D eigenvalue weighted by Crippen LogP contribution is 2.31. The third kappa shape index (κ3) is 6.11. The molecule has 1 N–H and O–H groups in total. The third-order valence-corrected chi connectivity index (χ3v) is 7.44. The number of rotatable bonds is 10. The molecule has 1 aliphatic rings. The molecule has 1 atom stereocenters. The van der Waals surface area contributed by atoms with Gasteiger partial charge in [0.25, 0.3) is 17.6 Å². The first kappa shape index (κ1) is 29.1. The van der Waals surface area contributed by atoms with Gasteiger partial charge in [0.2, 0.25) is 5.91 Å². The van der Waals surface area contributed by atoms with Crippen molar-refractivity contribution in [2.75, 3.05) is 31.0 Å². The average Bonchev–Trinajstić information content (AvgIpc) is 3.27. The van der Waals surface area contributed by atoms with Crippen LogP contribution in [0.2, 0.25) is 0 Å². The van der Waals surface area contributed by atoms with Crippen LogP contribution in [-0.4, -0.2) is 49.2 Å². The second-order valence-corrected chi connectivity index (χ2v) is 10.1. The molecule has 0 spiro atoms. The van der Waals surface area contributed by atoms with Gasteiger partial charge in [-0.05, 0) is 72.1 Å². The number of ether oxygens (including phenoxy) is 2. The van der Waals surface area contributed by atoms with Gasteiger partial charge in [-0.15, -0.1) is 0 Å². The Morgan fingerprint density at radius 1 is 0.814 bits per heavy atom. The van der Waals surface area contributed by atoms with Crippen molar-refractivity contribution >= 4 is 34.9 Å².